The number of amidine groups is 1. The lowest BCUT2D eigenvalue weighted by Crippen LogP contribution is -2.22. The molecule has 0 aliphatic heterocycles. The Bertz CT molecular complexity index is 632. The number of carbonyl (C=O) groups is 1. The molecule has 0 unspecified atom stereocenters. The first-order valence-corrected chi connectivity index (χ1v) is 6.34. The van der Waals surface area contributed by atoms with Crippen LogP contribution in [0.15, 0.2) is 48.5 Å². The third-order valence-electron chi connectivity index (χ3n) is 3.00. The molecule has 4 N–H and O–H groups in total. The minimum atomic E-state index is -0.0932. The Morgan fingerprint density at radius 1 is 1.15 bits per heavy atom. The van der Waals surface area contributed by atoms with E-state index in [0.29, 0.717) is 17.7 Å². The predicted octanol–water partition coefficient (Wildman–Crippen LogP) is 2.21. The molecule has 0 radical (unpaired) electrons. The van der Waals surface area contributed by atoms with Gasteiger partial charge in [0.25, 0.3) is 5.91 Å². The molecule has 102 valence electrons. The molecule has 0 atom stereocenters. The van der Waals surface area contributed by atoms with Crippen LogP contribution in [-0.4, -0.2) is 11.7 Å². The van der Waals surface area contributed by atoms with Crippen molar-refractivity contribution >= 4 is 11.7 Å². The predicted molar refractivity (Wildman–Crippen MR) is 79.8 cm³/mol. The minimum absolute atomic E-state index is 0.0420. The van der Waals surface area contributed by atoms with Gasteiger partial charge in [-0.05, 0) is 24.6 Å². The van der Waals surface area contributed by atoms with E-state index in [1.165, 1.54) is 0 Å². The summed E-state index contributed by atoms with van der Waals surface area (Å²) in [7, 11) is 0. The number of carbonyl (C=O) groups excluding carboxylic acids is 1. The molecule has 20 heavy (non-hydrogen) atoms. The number of nitrogens with one attached hydrogen (secondary N) is 2. The molecule has 1 amide bonds. The van der Waals surface area contributed by atoms with E-state index >= 15 is 0 Å². The van der Waals surface area contributed by atoms with Crippen molar-refractivity contribution in [3.8, 4) is 0 Å². The van der Waals surface area contributed by atoms with Gasteiger partial charge in [0.2, 0.25) is 0 Å². The third kappa shape index (κ3) is 3.45. The van der Waals surface area contributed by atoms with Crippen LogP contribution in [-0.2, 0) is 6.54 Å². The molecule has 0 fully saturated rings. The number of aryl methyl sites for hydroxylation is 1. The lowest BCUT2D eigenvalue weighted by Gasteiger charge is -2.07. The molecule has 0 bridgehead atoms. The quantitative estimate of drug-likeness (QED) is 0.586. The molecule has 0 aliphatic carbocycles. The Kier molecular flexibility index (Phi) is 4.15. The number of rotatable bonds is 4. The van der Waals surface area contributed by atoms with Crippen LogP contribution in [0.5, 0.6) is 0 Å². The zero-order chi connectivity index (χ0) is 14.5. The molecule has 0 saturated carbocycles. The molecular formula is C16H17N3O. The van der Waals surface area contributed by atoms with Crippen LogP contribution in [0.4, 0.5) is 0 Å². The van der Waals surface area contributed by atoms with Gasteiger partial charge in [-0.25, -0.2) is 0 Å². The number of amides is 1. The van der Waals surface area contributed by atoms with Gasteiger partial charge in [-0.1, -0.05) is 42.0 Å². The van der Waals surface area contributed by atoms with Gasteiger partial charge in [-0.15, -0.1) is 0 Å². The summed E-state index contributed by atoms with van der Waals surface area (Å²) in [6, 6.07) is 14.7. The summed E-state index contributed by atoms with van der Waals surface area (Å²) in [4.78, 5) is 12.0. The van der Waals surface area contributed by atoms with Crippen molar-refractivity contribution in [1.29, 1.82) is 5.41 Å². The Balaban J connectivity index is 1.98. The fourth-order valence-corrected chi connectivity index (χ4v) is 1.87. The fraction of sp³-hybridized carbons (Fsp3) is 0.125. The number of hydrogen-bond donors (Lipinski definition) is 3. The maximum Gasteiger partial charge on any atom is 0.251 e. The maximum absolute atomic E-state index is 12.0. The van der Waals surface area contributed by atoms with Crippen LogP contribution in [0.3, 0.4) is 0 Å². The van der Waals surface area contributed by atoms with Crippen molar-refractivity contribution < 1.29 is 4.79 Å². The monoisotopic (exact) mass is 267 g/mol. The van der Waals surface area contributed by atoms with Crippen molar-refractivity contribution in [2.75, 3.05) is 0 Å². The third-order valence-corrected chi connectivity index (χ3v) is 3.00. The van der Waals surface area contributed by atoms with Gasteiger partial charge in [-0.3, -0.25) is 10.2 Å². The van der Waals surface area contributed by atoms with Gasteiger partial charge in [0.05, 0.1) is 0 Å². The standard InChI is InChI=1S/C16H17N3O/c1-11-3-2-4-14(9-11)16(20)19-10-12-5-7-13(8-6-12)15(17)18/h2-9H,10H2,1H3,(H3,17,18)(H,19,20). The molecule has 0 heterocycles. The molecule has 4 nitrogen and oxygen atoms in total. The highest BCUT2D eigenvalue weighted by atomic mass is 16.1. The summed E-state index contributed by atoms with van der Waals surface area (Å²) in [5, 5.41) is 10.2. The topological polar surface area (TPSA) is 79.0 Å². The van der Waals surface area contributed by atoms with Crippen molar-refractivity contribution in [3.05, 3.63) is 70.8 Å². The molecule has 2 rings (SSSR count). The van der Waals surface area contributed by atoms with E-state index in [2.05, 4.69) is 5.32 Å². The van der Waals surface area contributed by atoms with Crippen LogP contribution < -0.4 is 11.1 Å². The molecule has 4 heteroatoms. The molecule has 0 spiro atoms. The molecule has 0 saturated heterocycles. The number of benzene rings is 2. The molecule has 2 aromatic carbocycles. The summed E-state index contributed by atoms with van der Waals surface area (Å²) in [5.41, 5.74) is 8.75. The first kappa shape index (κ1) is 13.8. The van der Waals surface area contributed by atoms with Gasteiger partial charge >= 0.3 is 0 Å². The number of nitrogen functional groups attached to an aromatic ring is 1. The van der Waals surface area contributed by atoms with Crippen LogP contribution in [0.2, 0.25) is 0 Å². The average Bonchev–Trinajstić information content (AvgIpc) is 2.45. The Morgan fingerprint density at radius 2 is 1.85 bits per heavy atom. The van der Waals surface area contributed by atoms with E-state index in [9.17, 15) is 4.79 Å². The van der Waals surface area contributed by atoms with Crippen LogP contribution in [0.1, 0.15) is 27.0 Å². The highest BCUT2D eigenvalue weighted by Gasteiger charge is 2.05. The summed E-state index contributed by atoms with van der Waals surface area (Å²) < 4.78 is 0. The van der Waals surface area contributed by atoms with E-state index < -0.39 is 0 Å². The van der Waals surface area contributed by atoms with Crippen LogP contribution in [0.25, 0.3) is 0 Å². The summed E-state index contributed by atoms with van der Waals surface area (Å²) in [5.74, 6) is -0.0512. The average molecular weight is 267 g/mol. The second-order valence-electron chi connectivity index (χ2n) is 4.66. The van der Waals surface area contributed by atoms with Crippen LogP contribution in [0, 0.1) is 12.3 Å². The second kappa shape index (κ2) is 6.02. The van der Waals surface area contributed by atoms with Gasteiger partial charge < -0.3 is 11.1 Å². The fourth-order valence-electron chi connectivity index (χ4n) is 1.87. The van der Waals surface area contributed by atoms with Crippen molar-refractivity contribution in [1.82, 2.24) is 5.32 Å². The maximum atomic E-state index is 12.0. The number of nitrogens with two attached hydrogens (primary N) is 1. The van der Waals surface area contributed by atoms with Crippen molar-refractivity contribution in [3.63, 3.8) is 0 Å². The molecule has 0 aromatic heterocycles. The molecule has 2 aromatic rings. The Morgan fingerprint density at radius 3 is 2.45 bits per heavy atom. The van der Waals surface area contributed by atoms with E-state index in [1.807, 2.05) is 37.3 Å². The lowest BCUT2D eigenvalue weighted by atomic mass is 10.1. The van der Waals surface area contributed by atoms with E-state index in [4.69, 9.17) is 11.1 Å². The van der Waals surface area contributed by atoms with Crippen LogP contribution >= 0.6 is 0 Å². The summed E-state index contributed by atoms with van der Waals surface area (Å²) >= 11 is 0. The van der Waals surface area contributed by atoms with Gasteiger partial charge in [-0.2, -0.15) is 0 Å². The van der Waals surface area contributed by atoms with Gasteiger partial charge in [0, 0.05) is 17.7 Å². The Labute approximate surface area is 118 Å². The zero-order valence-corrected chi connectivity index (χ0v) is 11.3. The van der Waals surface area contributed by atoms with E-state index in [0.717, 1.165) is 11.1 Å². The van der Waals surface area contributed by atoms with E-state index in [-0.39, 0.29) is 11.7 Å². The first-order valence-electron chi connectivity index (χ1n) is 6.34. The number of hydrogen-bond acceptors (Lipinski definition) is 2. The minimum Gasteiger partial charge on any atom is -0.384 e. The molecular weight excluding hydrogens is 250 g/mol. The van der Waals surface area contributed by atoms with Gasteiger partial charge in [0.1, 0.15) is 5.84 Å². The summed E-state index contributed by atoms with van der Waals surface area (Å²) in [6.45, 7) is 2.40. The van der Waals surface area contributed by atoms with Crippen molar-refractivity contribution in [2.45, 2.75) is 13.5 Å². The second-order valence-corrected chi connectivity index (χ2v) is 4.66. The summed E-state index contributed by atoms with van der Waals surface area (Å²) in [6.07, 6.45) is 0. The lowest BCUT2D eigenvalue weighted by molar-refractivity contribution is 0.0951. The molecule has 0 aliphatic rings. The largest absolute Gasteiger partial charge is 0.384 e. The normalized spacial score (nSPS) is 10.1. The Hall–Kier alpha value is -2.62. The first-order chi connectivity index (χ1) is 9.56. The highest BCUT2D eigenvalue weighted by Crippen LogP contribution is 2.06. The smallest absolute Gasteiger partial charge is 0.251 e. The van der Waals surface area contributed by atoms with Crippen molar-refractivity contribution in [2.24, 2.45) is 5.73 Å². The van der Waals surface area contributed by atoms with E-state index in [1.54, 1.807) is 18.2 Å². The zero-order valence-electron chi connectivity index (χ0n) is 11.3. The van der Waals surface area contributed by atoms with Gasteiger partial charge in [0.15, 0.2) is 0 Å². The SMILES string of the molecule is Cc1cccc(C(=O)NCc2ccc(C(=N)N)cc2)c1. The highest BCUT2D eigenvalue weighted by molar-refractivity contribution is 5.95.